The number of fused-ring (bicyclic) bond motifs is 1. The van der Waals surface area contributed by atoms with Gasteiger partial charge in [0, 0.05) is 28.7 Å². The summed E-state index contributed by atoms with van der Waals surface area (Å²) in [4.78, 5) is 41.1. The SMILES string of the molecule is CCS(=O)(=O)N1Cc2ccccc2C[C@H]1C(=O)Nc1ccc(N2C(=O)c3cccc4cccc(c34)C2=O)cc1. The number of rotatable bonds is 5. The van der Waals surface area contributed by atoms with E-state index in [2.05, 4.69) is 5.32 Å². The lowest BCUT2D eigenvalue weighted by atomic mass is 9.94. The van der Waals surface area contributed by atoms with Crippen LogP contribution in [0.15, 0.2) is 84.9 Å². The number of carbonyl (C=O) groups excluding carboxylic acids is 3. The Morgan fingerprint density at radius 1 is 0.846 bits per heavy atom. The number of carbonyl (C=O) groups is 3. The molecule has 2 aliphatic rings. The highest BCUT2D eigenvalue weighted by Gasteiger charge is 2.38. The van der Waals surface area contributed by atoms with Gasteiger partial charge in [-0.15, -0.1) is 0 Å². The van der Waals surface area contributed by atoms with Gasteiger partial charge in [0.2, 0.25) is 15.9 Å². The molecular weight excluding hydrogens is 514 g/mol. The third-order valence-electron chi connectivity index (χ3n) is 7.39. The molecule has 2 aliphatic heterocycles. The average Bonchev–Trinajstić information content (AvgIpc) is 2.96. The van der Waals surface area contributed by atoms with Crippen LogP contribution in [0.4, 0.5) is 11.4 Å². The Kier molecular flexibility index (Phi) is 6.05. The van der Waals surface area contributed by atoms with Crippen molar-refractivity contribution in [2.45, 2.75) is 25.9 Å². The maximum absolute atomic E-state index is 13.3. The van der Waals surface area contributed by atoms with Crippen LogP contribution >= 0.6 is 0 Å². The van der Waals surface area contributed by atoms with Crippen LogP contribution in [0.2, 0.25) is 0 Å². The number of hydrogen-bond acceptors (Lipinski definition) is 5. The molecule has 1 N–H and O–H groups in total. The average molecular weight is 540 g/mol. The zero-order valence-corrected chi connectivity index (χ0v) is 21.9. The molecule has 4 aromatic rings. The van der Waals surface area contributed by atoms with E-state index in [0.717, 1.165) is 21.4 Å². The Balaban J connectivity index is 1.26. The number of hydrogen-bond donors (Lipinski definition) is 1. The second-order valence-corrected chi connectivity index (χ2v) is 11.8. The van der Waals surface area contributed by atoms with Crippen LogP contribution in [0.3, 0.4) is 0 Å². The molecule has 9 heteroatoms. The number of nitrogens with one attached hydrogen (secondary N) is 1. The van der Waals surface area contributed by atoms with Gasteiger partial charge in [-0.25, -0.2) is 13.3 Å². The van der Waals surface area contributed by atoms with Gasteiger partial charge in [0.05, 0.1) is 11.4 Å². The molecule has 0 aromatic heterocycles. The Bertz CT molecular complexity index is 1710. The van der Waals surface area contributed by atoms with Gasteiger partial charge < -0.3 is 5.32 Å². The summed E-state index contributed by atoms with van der Waals surface area (Å²) >= 11 is 0. The lowest BCUT2D eigenvalue weighted by Crippen LogP contribution is -2.51. The molecule has 39 heavy (non-hydrogen) atoms. The van der Waals surface area contributed by atoms with E-state index in [0.29, 0.717) is 27.9 Å². The fraction of sp³-hybridized carbons (Fsp3) is 0.167. The van der Waals surface area contributed by atoms with Crippen LogP contribution in [0.1, 0.15) is 38.8 Å². The van der Waals surface area contributed by atoms with E-state index in [1.165, 1.54) is 4.31 Å². The minimum absolute atomic E-state index is 0.109. The zero-order chi connectivity index (χ0) is 27.3. The normalized spacial score (nSPS) is 17.3. The van der Waals surface area contributed by atoms with Gasteiger partial charge in [0.15, 0.2) is 0 Å². The molecule has 0 unspecified atom stereocenters. The zero-order valence-electron chi connectivity index (χ0n) is 21.1. The molecule has 1 atom stereocenters. The standard InChI is InChI=1S/C30H25N3O5S/c1-2-39(37,38)32-18-21-8-4-3-7-20(21)17-26(32)28(34)31-22-13-15-23(16-14-22)33-29(35)24-11-5-9-19-10-6-12-25(27(19)24)30(33)36/h3-16,26H,2,17-18H2,1H3,(H,31,34)/t26-/m0/s1. The first-order valence-corrected chi connectivity index (χ1v) is 14.3. The van der Waals surface area contributed by atoms with E-state index < -0.39 is 33.8 Å². The van der Waals surface area contributed by atoms with Crippen LogP contribution in [0.5, 0.6) is 0 Å². The van der Waals surface area contributed by atoms with Gasteiger partial charge in [-0.3, -0.25) is 14.4 Å². The van der Waals surface area contributed by atoms with E-state index >= 15 is 0 Å². The van der Waals surface area contributed by atoms with Crippen LogP contribution in [0.25, 0.3) is 10.8 Å². The smallest absolute Gasteiger partial charge is 0.265 e. The van der Waals surface area contributed by atoms with Crippen molar-refractivity contribution in [1.29, 1.82) is 0 Å². The van der Waals surface area contributed by atoms with Gasteiger partial charge in [0.25, 0.3) is 11.8 Å². The molecule has 3 amide bonds. The largest absolute Gasteiger partial charge is 0.325 e. The molecule has 0 saturated heterocycles. The predicted molar refractivity (Wildman–Crippen MR) is 149 cm³/mol. The molecule has 8 nitrogen and oxygen atoms in total. The lowest BCUT2D eigenvalue weighted by molar-refractivity contribution is -0.120. The lowest BCUT2D eigenvalue weighted by Gasteiger charge is -2.34. The van der Waals surface area contributed by atoms with Gasteiger partial charge >= 0.3 is 0 Å². The third-order valence-corrected chi connectivity index (χ3v) is 9.22. The fourth-order valence-corrected chi connectivity index (χ4v) is 6.59. The summed E-state index contributed by atoms with van der Waals surface area (Å²) in [5.41, 5.74) is 3.53. The minimum atomic E-state index is -3.63. The number of nitrogens with zero attached hydrogens (tertiary/aromatic N) is 2. The van der Waals surface area contributed by atoms with Crippen molar-refractivity contribution in [2.24, 2.45) is 0 Å². The number of sulfonamides is 1. The first kappa shape index (κ1) is 25.0. The molecule has 196 valence electrons. The highest BCUT2D eigenvalue weighted by Crippen LogP contribution is 2.33. The number of anilines is 2. The second-order valence-electron chi connectivity index (χ2n) is 9.63. The van der Waals surface area contributed by atoms with Crippen molar-refractivity contribution in [3.63, 3.8) is 0 Å². The minimum Gasteiger partial charge on any atom is -0.325 e. The molecule has 0 bridgehead atoms. The molecule has 0 saturated carbocycles. The first-order valence-electron chi connectivity index (χ1n) is 12.7. The maximum atomic E-state index is 13.3. The number of benzene rings is 4. The maximum Gasteiger partial charge on any atom is 0.265 e. The summed E-state index contributed by atoms with van der Waals surface area (Å²) in [6.45, 7) is 1.70. The quantitative estimate of drug-likeness (QED) is 0.380. The summed E-state index contributed by atoms with van der Waals surface area (Å²) < 4.78 is 27.0. The summed E-state index contributed by atoms with van der Waals surface area (Å²) in [6.07, 6.45) is 0.265. The topological polar surface area (TPSA) is 104 Å². The summed E-state index contributed by atoms with van der Waals surface area (Å²) in [5.74, 6) is -1.38. The Labute approximate surface area is 225 Å². The number of amides is 3. The number of imide groups is 1. The van der Waals surface area contributed by atoms with Crippen molar-refractivity contribution in [3.05, 3.63) is 107 Å². The van der Waals surface area contributed by atoms with E-state index in [-0.39, 0.29) is 18.7 Å². The Morgan fingerprint density at radius 3 is 2.08 bits per heavy atom. The van der Waals surface area contributed by atoms with Crippen LogP contribution < -0.4 is 10.2 Å². The molecule has 0 fully saturated rings. The summed E-state index contributed by atoms with van der Waals surface area (Å²) in [5, 5.41) is 4.30. The van der Waals surface area contributed by atoms with Crippen LogP contribution in [0, 0.1) is 0 Å². The van der Waals surface area contributed by atoms with Crippen molar-refractivity contribution in [1.82, 2.24) is 4.31 Å². The molecule has 0 radical (unpaired) electrons. The molecule has 4 aromatic carbocycles. The van der Waals surface area contributed by atoms with Crippen LogP contribution in [-0.4, -0.2) is 42.2 Å². The molecule has 6 rings (SSSR count). The summed E-state index contributed by atoms with van der Waals surface area (Å²) in [7, 11) is -3.63. The first-order chi connectivity index (χ1) is 18.8. The second kappa shape index (κ2) is 9.44. The molecule has 0 aliphatic carbocycles. The van der Waals surface area contributed by atoms with Gasteiger partial charge in [-0.05, 0) is 66.3 Å². The fourth-order valence-electron chi connectivity index (χ4n) is 5.37. The molecule has 2 heterocycles. The summed E-state index contributed by atoms with van der Waals surface area (Å²) in [6, 6.07) is 23.7. The third kappa shape index (κ3) is 4.20. The van der Waals surface area contributed by atoms with Crippen molar-refractivity contribution >= 4 is 49.9 Å². The van der Waals surface area contributed by atoms with Crippen molar-refractivity contribution < 1.29 is 22.8 Å². The van der Waals surface area contributed by atoms with Gasteiger partial charge in [-0.1, -0.05) is 48.5 Å². The van der Waals surface area contributed by atoms with Crippen molar-refractivity contribution in [3.8, 4) is 0 Å². The Hall–Kier alpha value is -4.34. The van der Waals surface area contributed by atoms with Gasteiger partial charge in [-0.2, -0.15) is 4.31 Å². The predicted octanol–water partition coefficient (Wildman–Crippen LogP) is 4.36. The Morgan fingerprint density at radius 2 is 1.46 bits per heavy atom. The highest BCUT2D eigenvalue weighted by molar-refractivity contribution is 7.89. The van der Waals surface area contributed by atoms with E-state index in [1.54, 1.807) is 55.5 Å². The molecule has 0 spiro atoms. The van der Waals surface area contributed by atoms with Crippen molar-refractivity contribution in [2.75, 3.05) is 16.0 Å². The highest BCUT2D eigenvalue weighted by atomic mass is 32.2. The van der Waals surface area contributed by atoms with E-state index in [4.69, 9.17) is 0 Å². The van der Waals surface area contributed by atoms with E-state index in [9.17, 15) is 22.8 Å². The monoisotopic (exact) mass is 539 g/mol. The van der Waals surface area contributed by atoms with Crippen LogP contribution in [-0.2, 0) is 27.8 Å². The molecular formula is C30H25N3O5S. The van der Waals surface area contributed by atoms with E-state index in [1.807, 2.05) is 36.4 Å². The van der Waals surface area contributed by atoms with Gasteiger partial charge in [0.1, 0.15) is 6.04 Å².